The predicted molar refractivity (Wildman–Crippen MR) is 201 cm³/mol. The third-order valence-corrected chi connectivity index (χ3v) is 10.6. The van der Waals surface area contributed by atoms with Crippen molar-refractivity contribution in [1.29, 1.82) is 0 Å². The Kier molecular flexibility index (Phi) is 9.44. The van der Waals surface area contributed by atoms with Gasteiger partial charge >= 0.3 is 5.69 Å². The molecule has 3 N–H and O–H groups in total. The molecule has 3 aromatic rings. The Morgan fingerprint density at radius 3 is 2.40 bits per heavy atom. The highest BCUT2D eigenvalue weighted by atomic mass is 16.2. The average molecular weight is 674 g/mol. The van der Waals surface area contributed by atoms with E-state index in [1.165, 1.54) is 55.8 Å². The Morgan fingerprint density at radius 2 is 1.66 bits per heavy atom. The van der Waals surface area contributed by atoms with Crippen molar-refractivity contribution < 1.29 is 9.37 Å². The van der Waals surface area contributed by atoms with Crippen molar-refractivity contribution >= 4 is 23.0 Å². The van der Waals surface area contributed by atoms with Crippen LogP contribution in [0, 0.1) is 6.92 Å². The molecule has 0 saturated carbocycles. The SMILES string of the molecule is Cc1cn(CC(=O)NCCNC2=C(C=CC3=[N+](C)c4ccccc4C3(C)C)CCCC2=CC=C2N(C)c3ccccc3C2(C)C)c(=O)[nH]c1=O. The maximum atomic E-state index is 12.8. The Morgan fingerprint density at radius 1 is 0.940 bits per heavy atom. The van der Waals surface area contributed by atoms with Crippen LogP contribution < -0.4 is 26.8 Å². The first-order valence-electron chi connectivity index (χ1n) is 17.5. The van der Waals surface area contributed by atoms with Crippen LogP contribution in [-0.2, 0) is 22.2 Å². The van der Waals surface area contributed by atoms with Crippen molar-refractivity contribution in [3.05, 3.63) is 139 Å². The number of hydrogen-bond acceptors (Lipinski definition) is 5. The number of nitrogens with zero attached hydrogens (tertiary/aromatic N) is 3. The summed E-state index contributed by atoms with van der Waals surface area (Å²) in [6.07, 6.45) is 13.4. The molecule has 50 heavy (non-hydrogen) atoms. The minimum Gasteiger partial charge on any atom is -0.383 e. The molecule has 3 heterocycles. The molecule has 0 radical (unpaired) electrons. The molecule has 0 fully saturated rings. The molecule has 9 nitrogen and oxygen atoms in total. The number of allylic oxidation sites excluding steroid dienone is 7. The first kappa shape index (κ1) is 34.7. The van der Waals surface area contributed by atoms with Crippen LogP contribution in [0.2, 0.25) is 0 Å². The smallest absolute Gasteiger partial charge is 0.328 e. The maximum absolute atomic E-state index is 12.8. The number of aromatic nitrogens is 2. The number of benzene rings is 2. The molecule has 9 heteroatoms. The fourth-order valence-electron chi connectivity index (χ4n) is 7.78. The zero-order valence-corrected chi connectivity index (χ0v) is 30.3. The van der Waals surface area contributed by atoms with Gasteiger partial charge in [0.2, 0.25) is 11.6 Å². The van der Waals surface area contributed by atoms with Crippen molar-refractivity contribution in [2.75, 3.05) is 32.1 Å². The van der Waals surface area contributed by atoms with Crippen LogP contribution in [0.1, 0.15) is 63.6 Å². The first-order valence-corrected chi connectivity index (χ1v) is 17.5. The number of fused-ring (bicyclic) bond motifs is 2. The minimum atomic E-state index is -0.599. The van der Waals surface area contributed by atoms with Crippen LogP contribution in [0.5, 0.6) is 0 Å². The lowest BCUT2D eigenvalue weighted by Crippen LogP contribution is -2.38. The number of rotatable bonds is 9. The van der Waals surface area contributed by atoms with E-state index in [0.717, 1.165) is 25.0 Å². The molecule has 1 amide bonds. The molecule has 0 atom stereocenters. The van der Waals surface area contributed by atoms with Crippen LogP contribution >= 0.6 is 0 Å². The van der Waals surface area contributed by atoms with E-state index in [4.69, 9.17) is 0 Å². The molecule has 3 aliphatic rings. The topological polar surface area (TPSA) is 102 Å². The lowest BCUT2D eigenvalue weighted by Gasteiger charge is -2.25. The summed E-state index contributed by atoms with van der Waals surface area (Å²) < 4.78 is 3.52. The van der Waals surface area contributed by atoms with E-state index in [1.807, 2.05) is 0 Å². The summed E-state index contributed by atoms with van der Waals surface area (Å²) in [6.45, 7) is 11.5. The van der Waals surface area contributed by atoms with Gasteiger partial charge in [0.1, 0.15) is 13.6 Å². The van der Waals surface area contributed by atoms with Gasteiger partial charge in [-0.15, -0.1) is 0 Å². The van der Waals surface area contributed by atoms with E-state index in [2.05, 4.69) is 140 Å². The van der Waals surface area contributed by atoms with Gasteiger partial charge in [-0.3, -0.25) is 19.1 Å². The molecule has 0 spiro atoms. The number of anilines is 1. The summed E-state index contributed by atoms with van der Waals surface area (Å²) in [7, 11) is 4.28. The molecule has 0 saturated heterocycles. The van der Waals surface area contributed by atoms with Gasteiger partial charge in [0.25, 0.3) is 5.56 Å². The van der Waals surface area contributed by atoms with Crippen molar-refractivity contribution in [2.24, 2.45) is 0 Å². The Labute approximate surface area is 294 Å². The van der Waals surface area contributed by atoms with Gasteiger partial charge in [0.15, 0.2) is 5.71 Å². The summed E-state index contributed by atoms with van der Waals surface area (Å²) in [6, 6.07) is 17.2. The van der Waals surface area contributed by atoms with E-state index in [9.17, 15) is 14.4 Å². The van der Waals surface area contributed by atoms with E-state index >= 15 is 0 Å². The van der Waals surface area contributed by atoms with Crippen LogP contribution in [0.25, 0.3) is 0 Å². The highest BCUT2D eigenvalue weighted by molar-refractivity contribution is 6.03. The Balaban J connectivity index is 1.27. The molecule has 1 aromatic heterocycles. The minimum absolute atomic E-state index is 0.127. The highest BCUT2D eigenvalue weighted by Crippen LogP contribution is 2.47. The van der Waals surface area contributed by atoms with Crippen molar-refractivity contribution in [3.8, 4) is 0 Å². The Bertz CT molecular complexity index is 2120. The predicted octanol–water partition coefficient (Wildman–Crippen LogP) is 5.49. The molecule has 2 aliphatic heterocycles. The number of H-pyrrole nitrogens is 1. The number of amides is 1. The largest absolute Gasteiger partial charge is 0.383 e. The number of aromatic amines is 1. The Hall–Kier alpha value is -5.18. The van der Waals surface area contributed by atoms with Crippen LogP contribution in [-0.4, -0.2) is 52.9 Å². The molecule has 1 aliphatic carbocycles. The molecule has 0 unspecified atom stereocenters. The number of aryl methyl sites for hydroxylation is 1. The fourth-order valence-corrected chi connectivity index (χ4v) is 7.78. The number of nitrogens with one attached hydrogen (secondary N) is 3. The third-order valence-electron chi connectivity index (χ3n) is 10.6. The van der Waals surface area contributed by atoms with Crippen molar-refractivity contribution in [2.45, 2.75) is 71.3 Å². The van der Waals surface area contributed by atoms with E-state index in [0.29, 0.717) is 18.7 Å². The second-order valence-corrected chi connectivity index (χ2v) is 14.6. The summed E-state index contributed by atoms with van der Waals surface area (Å²) in [5.41, 5.74) is 10.3. The fraction of sp³-hybridized carbons (Fsp3) is 0.366. The van der Waals surface area contributed by atoms with Gasteiger partial charge in [-0.1, -0.05) is 62.4 Å². The number of para-hydroxylation sites is 2. The van der Waals surface area contributed by atoms with Crippen LogP contribution in [0.15, 0.2) is 111 Å². The van der Waals surface area contributed by atoms with Gasteiger partial charge < -0.3 is 15.5 Å². The van der Waals surface area contributed by atoms with Crippen molar-refractivity contribution in [3.63, 3.8) is 0 Å². The van der Waals surface area contributed by atoms with Gasteiger partial charge in [-0.25, -0.2) is 4.79 Å². The molecular weight excluding hydrogens is 624 g/mol. The number of likely N-dealkylation sites (N-methyl/N-ethyl adjacent to an activating group) is 1. The van der Waals surface area contributed by atoms with Gasteiger partial charge in [-0.2, -0.15) is 4.58 Å². The molecular formula is C41H49N6O3+. The van der Waals surface area contributed by atoms with Crippen LogP contribution in [0.3, 0.4) is 0 Å². The van der Waals surface area contributed by atoms with Crippen LogP contribution in [0.4, 0.5) is 11.4 Å². The number of carbonyl (C=O) groups is 1. The number of carbonyl (C=O) groups excluding carboxylic acids is 1. The highest BCUT2D eigenvalue weighted by Gasteiger charge is 2.42. The summed E-state index contributed by atoms with van der Waals surface area (Å²) in [4.78, 5) is 41.2. The summed E-state index contributed by atoms with van der Waals surface area (Å²) in [5, 5.41) is 6.61. The number of hydrogen-bond donors (Lipinski definition) is 3. The second kappa shape index (κ2) is 13.6. The van der Waals surface area contributed by atoms with Gasteiger partial charge in [0.05, 0.1) is 5.41 Å². The molecule has 260 valence electrons. The third kappa shape index (κ3) is 6.44. The lowest BCUT2D eigenvalue weighted by molar-refractivity contribution is -0.401. The van der Waals surface area contributed by atoms with E-state index in [-0.39, 0.29) is 23.3 Å². The van der Waals surface area contributed by atoms with Crippen molar-refractivity contribution in [1.82, 2.24) is 20.2 Å². The molecule has 0 bridgehead atoms. The average Bonchev–Trinajstić information content (AvgIpc) is 3.40. The summed E-state index contributed by atoms with van der Waals surface area (Å²) in [5.74, 6) is -0.299. The first-order chi connectivity index (χ1) is 23.8. The lowest BCUT2D eigenvalue weighted by atomic mass is 9.81. The van der Waals surface area contributed by atoms with Gasteiger partial charge in [0, 0.05) is 72.1 Å². The van der Waals surface area contributed by atoms with E-state index in [1.54, 1.807) is 6.92 Å². The standard InChI is InChI=1S/C41H48N6O3/c1-27-25-47(39(50)44-38(27)49)26-36(48)42-23-24-43-37-28(19-21-34-40(2,3)30-15-8-10-17-32(30)45(34)6)13-12-14-29(37)20-22-35-41(4,5)31-16-9-11-18-33(31)46(35)7/h8-11,15-22,25H,12-14,23-24,26H2,1-7H3,(H2,42,44,48,49,50)/p+1. The molecule has 6 rings (SSSR count). The molecule has 2 aromatic carbocycles. The second-order valence-electron chi connectivity index (χ2n) is 14.6. The quantitative estimate of drug-likeness (QED) is 0.206. The maximum Gasteiger partial charge on any atom is 0.328 e. The normalized spacial score (nSPS) is 19.5. The monoisotopic (exact) mass is 673 g/mol. The zero-order chi connectivity index (χ0) is 35.8. The van der Waals surface area contributed by atoms with E-state index < -0.39 is 11.2 Å². The summed E-state index contributed by atoms with van der Waals surface area (Å²) >= 11 is 0. The van der Waals surface area contributed by atoms with Gasteiger partial charge in [-0.05, 0) is 68.9 Å². The zero-order valence-electron chi connectivity index (χ0n) is 30.3.